The van der Waals surface area contributed by atoms with Gasteiger partial charge in [-0.3, -0.25) is 4.79 Å². The number of hydrogen-bond donors (Lipinski definition) is 2. The molecule has 2 aliphatic rings. The molecule has 1 fully saturated rings. The number of ether oxygens (including phenoxy) is 2. The van der Waals surface area contributed by atoms with Crippen molar-refractivity contribution in [3.8, 4) is 22.6 Å². The smallest absolute Gasteiger partial charge is 0.307 e. The maximum absolute atomic E-state index is 11.3. The van der Waals surface area contributed by atoms with E-state index >= 15 is 0 Å². The summed E-state index contributed by atoms with van der Waals surface area (Å²) in [5, 5.41) is 12.6. The van der Waals surface area contributed by atoms with Crippen LogP contribution in [0.5, 0.6) is 11.5 Å². The van der Waals surface area contributed by atoms with Crippen LogP contribution in [0.4, 0.5) is 5.69 Å². The highest BCUT2D eigenvalue weighted by Gasteiger charge is 2.44. The Labute approximate surface area is 217 Å². The van der Waals surface area contributed by atoms with Gasteiger partial charge < -0.3 is 19.9 Å². The standard InChI is InChI=1S/C29H31NO6S/c1-37(33,34)14-2-12-35-23-8-9-24-21(16-23)11-13-36-28-10-3-19(15-26(24)28)18-30-22-6-4-20(5-7-22)25-17-27(25)29(31)32/h3-10,15-16,25,27,30H,2,11-14,17-18H2,1H3,(H,31,32)/t25-,27+/m1/s1. The molecule has 0 amide bonds. The lowest BCUT2D eigenvalue weighted by Crippen LogP contribution is -2.08. The van der Waals surface area contributed by atoms with E-state index in [-0.39, 0.29) is 17.6 Å². The van der Waals surface area contributed by atoms with Gasteiger partial charge in [0.25, 0.3) is 0 Å². The lowest BCUT2D eigenvalue weighted by Gasteiger charge is -2.14. The molecule has 194 valence electrons. The molecule has 37 heavy (non-hydrogen) atoms. The fourth-order valence-corrected chi connectivity index (χ4v) is 5.47. The first-order valence-corrected chi connectivity index (χ1v) is 14.6. The van der Waals surface area contributed by atoms with Crippen LogP contribution in [-0.2, 0) is 27.6 Å². The van der Waals surface area contributed by atoms with Gasteiger partial charge in [0, 0.05) is 30.5 Å². The summed E-state index contributed by atoms with van der Waals surface area (Å²) in [5.41, 5.74) is 6.48. The Morgan fingerprint density at radius 1 is 1.08 bits per heavy atom. The van der Waals surface area contributed by atoms with Crippen LogP contribution in [0, 0.1) is 5.92 Å². The van der Waals surface area contributed by atoms with Crippen molar-refractivity contribution in [2.45, 2.75) is 31.7 Å². The van der Waals surface area contributed by atoms with Gasteiger partial charge in [-0.15, -0.1) is 0 Å². The number of benzene rings is 3. The first kappa shape index (κ1) is 25.1. The Morgan fingerprint density at radius 2 is 1.89 bits per heavy atom. The zero-order valence-electron chi connectivity index (χ0n) is 20.8. The van der Waals surface area contributed by atoms with Gasteiger partial charge in [-0.1, -0.05) is 24.3 Å². The number of aliphatic carboxylic acids is 1. The molecule has 5 rings (SSSR count). The largest absolute Gasteiger partial charge is 0.494 e. The topological polar surface area (TPSA) is 102 Å². The maximum Gasteiger partial charge on any atom is 0.307 e. The van der Waals surface area contributed by atoms with E-state index in [0.717, 1.165) is 57.8 Å². The molecule has 3 aromatic carbocycles. The molecule has 1 aliphatic heterocycles. The average molecular weight is 522 g/mol. The van der Waals surface area contributed by atoms with E-state index in [2.05, 4.69) is 17.4 Å². The molecule has 8 heteroatoms. The Bertz CT molecular complexity index is 1400. The number of carboxylic acids is 1. The molecule has 0 radical (unpaired) electrons. The van der Waals surface area contributed by atoms with E-state index < -0.39 is 15.8 Å². The molecule has 0 spiro atoms. The third-order valence-corrected chi connectivity index (χ3v) is 7.94. The summed E-state index contributed by atoms with van der Waals surface area (Å²) in [5.74, 6) is 0.880. The Hall–Kier alpha value is -3.52. The van der Waals surface area contributed by atoms with Gasteiger partial charge in [-0.2, -0.15) is 0 Å². The van der Waals surface area contributed by atoms with E-state index in [1.54, 1.807) is 0 Å². The SMILES string of the molecule is CS(=O)(=O)CCCOc1ccc2c(c1)CCOc1ccc(CNc3ccc([C@H]4C[C@@H]4C(=O)O)cc3)cc1-2. The fourth-order valence-electron chi connectivity index (χ4n) is 4.82. The Kier molecular flexibility index (Phi) is 7.11. The monoisotopic (exact) mass is 521 g/mol. The number of fused-ring (bicyclic) bond motifs is 3. The van der Waals surface area contributed by atoms with Crippen LogP contribution >= 0.6 is 0 Å². The van der Waals surface area contributed by atoms with Crippen molar-refractivity contribution in [2.24, 2.45) is 5.92 Å². The van der Waals surface area contributed by atoms with Gasteiger partial charge in [0.1, 0.15) is 21.3 Å². The lowest BCUT2D eigenvalue weighted by atomic mass is 9.96. The highest BCUT2D eigenvalue weighted by molar-refractivity contribution is 7.90. The second kappa shape index (κ2) is 10.5. The summed E-state index contributed by atoms with van der Waals surface area (Å²) in [4.78, 5) is 11.1. The predicted octanol–water partition coefficient (Wildman–Crippen LogP) is 4.90. The summed E-state index contributed by atoms with van der Waals surface area (Å²) in [6, 6.07) is 20.3. The number of carboxylic acid groups (broad SMARTS) is 1. The van der Waals surface area contributed by atoms with Crippen LogP contribution in [0.15, 0.2) is 60.7 Å². The van der Waals surface area contributed by atoms with Gasteiger partial charge in [0.2, 0.25) is 0 Å². The molecule has 0 bridgehead atoms. The predicted molar refractivity (Wildman–Crippen MR) is 143 cm³/mol. The van der Waals surface area contributed by atoms with Gasteiger partial charge in [0.15, 0.2) is 0 Å². The van der Waals surface area contributed by atoms with Crippen LogP contribution < -0.4 is 14.8 Å². The van der Waals surface area contributed by atoms with Gasteiger partial charge >= 0.3 is 5.97 Å². The first-order valence-electron chi connectivity index (χ1n) is 12.5. The zero-order valence-corrected chi connectivity index (χ0v) is 21.6. The summed E-state index contributed by atoms with van der Waals surface area (Å²) < 4.78 is 34.5. The van der Waals surface area contributed by atoms with E-state index in [1.807, 2.05) is 48.5 Å². The third kappa shape index (κ3) is 6.25. The van der Waals surface area contributed by atoms with E-state index in [1.165, 1.54) is 6.26 Å². The molecule has 2 N–H and O–H groups in total. The summed E-state index contributed by atoms with van der Waals surface area (Å²) in [7, 11) is -2.99. The van der Waals surface area contributed by atoms with Crippen molar-refractivity contribution in [3.05, 3.63) is 77.4 Å². The number of hydrogen-bond acceptors (Lipinski definition) is 6. The quantitative estimate of drug-likeness (QED) is 0.366. The Balaban J connectivity index is 1.25. The number of carbonyl (C=O) groups is 1. The number of rotatable bonds is 10. The number of anilines is 1. The highest BCUT2D eigenvalue weighted by Crippen LogP contribution is 2.47. The molecular weight excluding hydrogens is 490 g/mol. The molecule has 1 heterocycles. The average Bonchev–Trinajstić information content (AvgIpc) is 3.69. The summed E-state index contributed by atoms with van der Waals surface area (Å²) in [6.45, 7) is 1.58. The Morgan fingerprint density at radius 3 is 2.62 bits per heavy atom. The van der Waals surface area contributed by atoms with Crippen molar-refractivity contribution in [3.63, 3.8) is 0 Å². The van der Waals surface area contributed by atoms with Crippen LogP contribution in [-0.4, -0.2) is 44.7 Å². The number of nitrogens with one attached hydrogen (secondary N) is 1. The molecule has 2 atom stereocenters. The van der Waals surface area contributed by atoms with E-state index in [4.69, 9.17) is 14.6 Å². The molecule has 3 aromatic rings. The maximum atomic E-state index is 11.3. The van der Waals surface area contributed by atoms with Gasteiger partial charge in [0.05, 0.1) is 24.9 Å². The zero-order chi connectivity index (χ0) is 26.0. The van der Waals surface area contributed by atoms with Crippen LogP contribution in [0.3, 0.4) is 0 Å². The van der Waals surface area contributed by atoms with Crippen LogP contribution in [0.25, 0.3) is 11.1 Å². The number of sulfone groups is 1. The van der Waals surface area contributed by atoms with Crippen molar-refractivity contribution in [1.29, 1.82) is 0 Å². The second-order valence-corrected chi connectivity index (χ2v) is 12.1. The minimum atomic E-state index is -2.99. The van der Waals surface area contributed by atoms with E-state index in [9.17, 15) is 13.2 Å². The lowest BCUT2D eigenvalue weighted by molar-refractivity contribution is -0.138. The molecule has 0 aromatic heterocycles. The summed E-state index contributed by atoms with van der Waals surface area (Å²) in [6.07, 6.45) is 3.18. The highest BCUT2D eigenvalue weighted by atomic mass is 32.2. The van der Waals surface area contributed by atoms with Crippen LogP contribution in [0.1, 0.15) is 35.4 Å². The minimum absolute atomic E-state index is 0.117. The van der Waals surface area contributed by atoms with E-state index in [0.29, 0.717) is 26.2 Å². The molecule has 1 aliphatic carbocycles. The van der Waals surface area contributed by atoms with Crippen molar-refractivity contribution < 1.29 is 27.8 Å². The first-order chi connectivity index (χ1) is 17.8. The molecule has 1 saturated carbocycles. The normalized spacial score (nSPS) is 18.1. The van der Waals surface area contributed by atoms with Crippen molar-refractivity contribution >= 4 is 21.5 Å². The van der Waals surface area contributed by atoms with Gasteiger partial charge in [-0.25, -0.2) is 8.42 Å². The van der Waals surface area contributed by atoms with Gasteiger partial charge in [-0.05, 0) is 77.4 Å². The minimum Gasteiger partial charge on any atom is -0.494 e. The third-order valence-electron chi connectivity index (χ3n) is 6.91. The molecule has 7 nitrogen and oxygen atoms in total. The molecule has 0 unspecified atom stereocenters. The molecular formula is C29H31NO6S. The van der Waals surface area contributed by atoms with Crippen LogP contribution in [0.2, 0.25) is 0 Å². The molecule has 0 saturated heterocycles. The van der Waals surface area contributed by atoms with Crippen molar-refractivity contribution in [1.82, 2.24) is 0 Å². The van der Waals surface area contributed by atoms with Crippen molar-refractivity contribution in [2.75, 3.05) is 30.5 Å². The summed E-state index contributed by atoms with van der Waals surface area (Å²) >= 11 is 0. The second-order valence-electron chi connectivity index (χ2n) is 9.84. The fraction of sp³-hybridized carbons (Fsp3) is 0.345.